The van der Waals surface area contributed by atoms with E-state index in [1.807, 2.05) is 6.07 Å². The Morgan fingerprint density at radius 1 is 1.38 bits per heavy atom. The van der Waals surface area contributed by atoms with E-state index < -0.39 is 0 Å². The molecule has 16 heavy (non-hydrogen) atoms. The van der Waals surface area contributed by atoms with Crippen LogP contribution in [0, 0.1) is 0 Å². The zero-order valence-electron chi connectivity index (χ0n) is 10.1. The van der Waals surface area contributed by atoms with Crippen LogP contribution < -0.4 is 10.1 Å². The summed E-state index contributed by atoms with van der Waals surface area (Å²) in [5, 5.41) is 12.9. The summed E-state index contributed by atoms with van der Waals surface area (Å²) < 4.78 is 5.64. The van der Waals surface area contributed by atoms with E-state index in [0.29, 0.717) is 12.6 Å². The molecule has 1 aromatic carbocycles. The van der Waals surface area contributed by atoms with Crippen LogP contribution in [0.4, 0.5) is 0 Å². The van der Waals surface area contributed by atoms with Crippen LogP contribution in [0.2, 0.25) is 0 Å². The summed E-state index contributed by atoms with van der Waals surface area (Å²) in [7, 11) is 0. The molecule has 3 nitrogen and oxygen atoms in total. The van der Waals surface area contributed by atoms with Gasteiger partial charge in [-0.2, -0.15) is 0 Å². The van der Waals surface area contributed by atoms with Crippen LogP contribution >= 0.6 is 0 Å². The molecule has 0 aromatic heterocycles. The first-order valence-electron chi connectivity index (χ1n) is 5.66. The lowest BCUT2D eigenvalue weighted by Crippen LogP contribution is -2.48. The van der Waals surface area contributed by atoms with E-state index in [1.165, 1.54) is 0 Å². The summed E-state index contributed by atoms with van der Waals surface area (Å²) in [5.74, 6) is 1.08. The van der Waals surface area contributed by atoms with Crippen LogP contribution in [0.25, 0.3) is 0 Å². The molecule has 1 heterocycles. The molecular weight excluding hydrogens is 202 g/mol. The minimum absolute atomic E-state index is 0.0997. The van der Waals surface area contributed by atoms with Crippen molar-refractivity contribution in [3.63, 3.8) is 0 Å². The molecule has 1 aliphatic heterocycles. The maximum atomic E-state index is 9.34. The molecule has 1 atom stereocenters. The van der Waals surface area contributed by atoms with Crippen molar-refractivity contribution < 1.29 is 9.84 Å². The van der Waals surface area contributed by atoms with Gasteiger partial charge in [-0.25, -0.2) is 0 Å². The molecule has 0 saturated heterocycles. The zero-order chi connectivity index (χ0) is 11.8. The van der Waals surface area contributed by atoms with Gasteiger partial charge in [-0.1, -0.05) is 6.07 Å². The highest BCUT2D eigenvalue weighted by atomic mass is 16.5. The molecular formula is C13H19NO2. The van der Waals surface area contributed by atoms with Crippen LogP contribution in [0.5, 0.6) is 11.5 Å². The fourth-order valence-corrected chi connectivity index (χ4v) is 2.07. The number of nitrogens with one attached hydrogen (secondary N) is 1. The van der Waals surface area contributed by atoms with Gasteiger partial charge in [0, 0.05) is 17.6 Å². The predicted molar refractivity (Wildman–Crippen MR) is 64.0 cm³/mol. The number of phenols is 1. The fraction of sp³-hybridized carbons (Fsp3) is 0.538. The lowest BCUT2D eigenvalue weighted by Gasteiger charge is -2.32. The minimum Gasteiger partial charge on any atom is -0.508 e. The van der Waals surface area contributed by atoms with E-state index in [2.05, 4.69) is 26.1 Å². The molecule has 2 N–H and O–H groups in total. The largest absolute Gasteiger partial charge is 0.508 e. The third-order valence-corrected chi connectivity index (χ3v) is 2.59. The second kappa shape index (κ2) is 3.98. The lowest BCUT2D eigenvalue weighted by atomic mass is 9.99. The second-order valence-corrected chi connectivity index (χ2v) is 5.40. The minimum atomic E-state index is 0.0997. The van der Waals surface area contributed by atoms with E-state index in [0.717, 1.165) is 17.7 Å². The Balaban J connectivity index is 2.09. The SMILES string of the molecule is CC(C)(C)NC1COc2cc(O)ccc2C1. The second-order valence-electron chi connectivity index (χ2n) is 5.40. The first kappa shape index (κ1) is 11.3. The van der Waals surface area contributed by atoms with Gasteiger partial charge in [0.2, 0.25) is 0 Å². The molecule has 1 aromatic rings. The van der Waals surface area contributed by atoms with Crippen molar-refractivity contribution in [3.05, 3.63) is 23.8 Å². The fourth-order valence-electron chi connectivity index (χ4n) is 2.07. The Kier molecular flexibility index (Phi) is 2.80. The van der Waals surface area contributed by atoms with Gasteiger partial charge in [-0.05, 0) is 38.8 Å². The van der Waals surface area contributed by atoms with Gasteiger partial charge in [-0.3, -0.25) is 0 Å². The Hall–Kier alpha value is -1.22. The van der Waals surface area contributed by atoms with Gasteiger partial charge in [0.25, 0.3) is 0 Å². The van der Waals surface area contributed by atoms with E-state index >= 15 is 0 Å². The molecule has 0 bridgehead atoms. The summed E-state index contributed by atoms with van der Waals surface area (Å²) in [4.78, 5) is 0. The molecule has 0 fully saturated rings. The maximum Gasteiger partial charge on any atom is 0.126 e. The van der Waals surface area contributed by atoms with Crippen molar-refractivity contribution >= 4 is 0 Å². The molecule has 0 aliphatic carbocycles. The van der Waals surface area contributed by atoms with E-state index in [4.69, 9.17) is 4.74 Å². The summed E-state index contributed by atoms with van der Waals surface area (Å²) in [6, 6.07) is 5.67. The average molecular weight is 221 g/mol. The molecule has 3 heteroatoms. The number of hydrogen-bond donors (Lipinski definition) is 2. The third-order valence-electron chi connectivity index (χ3n) is 2.59. The number of ether oxygens (including phenoxy) is 1. The van der Waals surface area contributed by atoms with Gasteiger partial charge in [0.05, 0.1) is 0 Å². The van der Waals surface area contributed by atoms with E-state index in [9.17, 15) is 5.11 Å². The number of phenolic OH excluding ortho intramolecular Hbond substituents is 1. The van der Waals surface area contributed by atoms with Crippen molar-refractivity contribution in [2.45, 2.75) is 38.8 Å². The molecule has 0 amide bonds. The Morgan fingerprint density at radius 3 is 2.81 bits per heavy atom. The van der Waals surface area contributed by atoms with Gasteiger partial charge in [0.1, 0.15) is 18.1 Å². The van der Waals surface area contributed by atoms with Crippen LogP contribution in [0.3, 0.4) is 0 Å². The van der Waals surface area contributed by atoms with E-state index in [1.54, 1.807) is 12.1 Å². The summed E-state index contributed by atoms with van der Waals surface area (Å²) in [6.07, 6.45) is 0.951. The quantitative estimate of drug-likeness (QED) is 0.763. The molecule has 88 valence electrons. The highest BCUT2D eigenvalue weighted by Gasteiger charge is 2.23. The molecule has 0 radical (unpaired) electrons. The normalized spacial score (nSPS) is 20.1. The average Bonchev–Trinajstić information content (AvgIpc) is 2.16. The third kappa shape index (κ3) is 2.67. The van der Waals surface area contributed by atoms with Crippen molar-refractivity contribution in [3.8, 4) is 11.5 Å². The highest BCUT2D eigenvalue weighted by Crippen LogP contribution is 2.28. The number of benzene rings is 1. The molecule has 2 rings (SSSR count). The Bertz CT molecular complexity index is 382. The molecule has 1 aliphatic rings. The van der Waals surface area contributed by atoms with Crippen LogP contribution in [0.1, 0.15) is 26.3 Å². The predicted octanol–water partition coefficient (Wildman–Crippen LogP) is 2.08. The van der Waals surface area contributed by atoms with Gasteiger partial charge in [-0.15, -0.1) is 0 Å². The smallest absolute Gasteiger partial charge is 0.126 e. The van der Waals surface area contributed by atoms with Crippen molar-refractivity contribution in [1.82, 2.24) is 5.32 Å². The number of hydrogen-bond acceptors (Lipinski definition) is 3. The molecule has 0 spiro atoms. The molecule has 0 saturated carbocycles. The summed E-state index contributed by atoms with van der Waals surface area (Å²) >= 11 is 0. The molecule has 1 unspecified atom stereocenters. The number of aromatic hydroxyl groups is 1. The standard InChI is InChI=1S/C13H19NO2/c1-13(2,3)14-10-6-9-4-5-11(15)7-12(9)16-8-10/h4-5,7,10,14-15H,6,8H2,1-3H3. The first-order chi connectivity index (χ1) is 7.44. The Labute approximate surface area is 96.4 Å². The van der Waals surface area contributed by atoms with Crippen LogP contribution in [0.15, 0.2) is 18.2 Å². The number of rotatable bonds is 1. The number of fused-ring (bicyclic) bond motifs is 1. The zero-order valence-corrected chi connectivity index (χ0v) is 10.1. The summed E-state index contributed by atoms with van der Waals surface area (Å²) in [5.41, 5.74) is 1.26. The monoisotopic (exact) mass is 221 g/mol. The Morgan fingerprint density at radius 2 is 2.12 bits per heavy atom. The lowest BCUT2D eigenvalue weighted by molar-refractivity contribution is 0.211. The maximum absolute atomic E-state index is 9.34. The van der Waals surface area contributed by atoms with Gasteiger partial charge < -0.3 is 15.2 Å². The van der Waals surface area contributed by atoms with Crippen LogP contribution in [-0.4, -0.2) is 23.3 Å². The summed E-state index contributed by atoms with van der Waals surface area (Å²) in [6.45, 7) is 7.12. The van der Waals surface area contributed by atoms with Crippen molar-refractivity contribution in [2.75, 3.05) is 6.61 Å². The van der Waals surface area contributed by atoms with Crippen LogP contribution in [-0.2, 0) is 6.42 Å². The first-order valence-corrected chi connectivity index (χ1v) is 5.66. The van der Waals surface area contributed by atoms with E-state index in [-0.39, 0.29) is 11.3 Å². The highest BCUT2D eigenvalue weighted by molar-refractivity contribution is 5.41. The van der Waals surface area contributed by atoms with Crippen molar-refractivity contribution in [2.24, 2.45) is 0 Å². The topological polar surface area (TPSA) is 41.5 Å². The van der Waals surface area contributed by atoms with Gasteiger partial charge in [0.15, 0.2) is 0 Å². The van der Waals surface area contributed by atoms with Crippen molar-refractivity contribution in [1.29, 1.82) is 0 Å². The van der Waals surface area contributed by atoms with Gasteiger partial charge >= 0.3 is 0 Å².